The monoisotopic (exact) mass is 238 g/mol. The lowest BCUT2D eigenvalue weighted by molar-refractivity contribution is 0.338. The van der Waals surface area contributed by atoms with Crippen molar-refractivity contribution in [2.75, 3.05) is 0 Å². The SMILES string of the molecule is N#CC1(C#N)CC=C2CCCC[C@@H]2C2CCC=C21. The molecule has 1 unspecified atom stereocenters. The molecule has 3 rings (SSSR count). The Balaban J connectivity index is 2.07. The normalized spacial score (nSPS) is 33.0. The highest BCUT2D eigenvalue weighted by Gasteiger charge is 2.45. The number of nitriles is 2. The van der Waals surface area contributed by atoms with Gasteiger partial charge in [0.1, 0.15) is 0 Å². The van der Waals surface area contributed by atoms with Crippen molar-refractivity contribution in [2.24, 2.45) is 17.3 Å². The Morgan fingerprint density at radius 2 is 1.89 bits per heavy atom. The van der Waals surface area contributed by atoms with Crippen LogP contribution < -0.4 is 0 Å². The van der Waals surface area contributed by atoms with Crippen LogP contribution in [0.1, 0.15) is 44.9 Å². The second-order valence-corrected chi connectivity index (χ2v) is 5.81. The van der Waals surface area contributed by atoms with Crippen LogP contribution in [0.15, 0.2) is 23.3 Å². The molecule has 0 amide bonds. The highest BCUT2D eigenvalue weighted by molar-refractivity contribution is 5.41. The molecule has 0 aromatic rings. The Hall–Kier alpha value is -1.54. The maximum Gasteiger partial charge on any atom is 0.168 e. The van der Waals surface area contributed by atoms with Crippen LogP contribution >= 0.6 is 0 Å². The van der Waals surface area contributed by atoms with Crippen LogP contribution in [0.4, 0.5) is 0 Å². The van der Waals surface area contributed by atoms with Crippen molar-refractivity contribution < 1.29 is 0 Å². The van der Waals surface area contributed by atoms with Crippen LogP contribution in [0.3, 0.4) is 0 Å². The van der Waals surface area contributed by atoms with E-state index in [1.807, 2.05) is 0 Å². The standard InChI is InChI=1S/C16H18N2/c17-10-16(11-18)9-8-12-4-1-2-5-13(12)14-6-3-7-15(14)16/h7-8,13-14H,1-6,9H2/t13-,14?/m0/s1. The fourth-order valence-electron chi connectivity index (χ4n) is 4.06. The summed E-state index contributed by atoms with van der Waals surface area (Å²) in [6.07, 6.45) is 12.2. The average molecular weight is 238 g/mol. The molecule has 3 aliphatic rings. The quantitative estimate of drug-likeness (QED) is 0.601. The zero-order chi connectivity index (χ0) is 12.6. The molecule has 2 nitrogen and oxygen atoms in total. The van der Waals surface area contributed by atoms with Gasteiger partial charge in [-0.2, -0.15) is 10.5 Å². The van der Waals surface area contributed by atoms with E-state index < -0.39 is 5.41 Å². The van der Waals surface area contributed by atoms with Crippen LogP contribution in [0.2, 0.25) is 0 Å². The zero-order valence-electron chi connectivity index (χ0n) is 10.7. The lowest BCUT2D eigenvalue weighted by atomic mass is 9.70. The van der Waals surface area contributed by atoms with Gasteiger partial charge in [0.15, 0.2) is 5.41 Å². The van der Waals surface area contributed by atoms with Gasteiger partial charge >= 0.3 is 0 Å². The van der Waals surface area contributed by atoms with Crippen LogP contribution in [-0.4, -0.2) is 0 Å². The van der Waals surface area contributed by atoms with E-state index >= 15 is 0 Å². The van der Waals surface area contributed by atoms with Crippen molar-refractivity contribution in [1.29, 1.82) is 10.5 Å². The van der Waals surface area contributed by atoms with Gasteiger partial charge in [-0.15, -0.1) is 0 Å². The highest BCUT2D eigenvalue weighted by atomic mass is 14.5. The molecule has 0 saturated heterocycles. The topological polar surface area (TPSA) is 47.6 Å². The van der Waals surface area contributed by atoms with Crippen LogP contribution in [-0.2, 0) is 0 Å². The molecule has 2 atom stereocenters. The van der Waals surface area contributed by atoms with Gasteiger partial charge < -0.3 is 0 Å². The molecular weight excluding hydrogens is 220 g/mol. The lowest BCUT2D eigenvalue weighted by Gasteiger charge is -2.32. The molecule has 92 valence electrons. The van der Waals surface area contributed by atoms with E-state index in [2.05, 4.69) is 24.3 Å². The summed E-state index contributed by atoms with van der Waals surface area (Å²) < 4.78 is 0. The summed E-state index contributed by atoms with van der Waals surface area (Å²) in [6, 6.07) is 4.63. The summed E-state index contributed by atoms with van der Waals surface area (Å²) in [5.41, 5.74) is 1.81. The zero-order valence-corrected chi connectivity index (χ0v) is 10.7. The van der Waals surface area contributed by atoms with Crippen LogP contribution in [0.25, 0.3) is 0 Å². The summed E-state index contributed by atoms with van der Waals surface area (Å²) in [4.78, 5) is 0. The van der Waals surface area contributed by atoms with Crippen molar-refractivity contribution in [1.82, 2.24) is 0 Å². The van der Waals surface area contributed by atoms with E-state index in [4.69, 9.17) is 0 Å². The third-order valence-corrected chi connectivity index (χ3v) is 4.98. The predicted molar refractivity (Wildman–Crippen MR) is 69.1 cm³/mol. The number of rotatable bonds is 0. The number of nitrogens with zero attached hydrogens (tertiary/aromatic N) is 2. The van der Waals surface area contributed by atoms with Gasteiger partial charge in [-0.1, -0.05) is 24.1 Å². The van der Waals surface area contributed by atoms with Gasteiger partial charge in [0.05, 0.1) is 12.1 Å². The van der Waals surface area contributed by atoms with E-state index in [0.29, 0.717) is 18.3 Å². The van der Waals surface area contributed by atoms with Crippen molar-refractivity contribution in [3.63, 3.8) is 0 Å². The van der Waals surface area contributed by atoms with E-state index in [0.717, 1.165) is 18.4 Å². The molecule has 0 radical (unpaired) electrons. The average Bonchev–Trinajstić information content (AvgIpc) is 2.86. The number of fused-ring (bicyclic) bond motifs is 3. The highest BCUT2D eigenvalue weighted by Crippen LogP contribution is 2.52. The molecule has 18 heavy (non-hydrogen) atoms. The maximum atomic E-state index is 9.50. The van der Waals surface area contributed by atoms with E-state index in [-0.39, 0.29) is 0 Å². The van der Waals surface area contributed by atoms with E-state index in [9.17, 15) is 10.5 Å². The molecule has 0 N–H and O–H groups in total. The molecule has 0 aromatic heterocycles. The molecule has 0 aliphatic heterocycles. The number of hydrogen-bond donors (Lipinski definition) is 0. The van der Waals surface area contributed by atoms with Crippen molar-refractivity contribution >= 4 is 0 Å². The number of hydrogen-bond acceptors (Lipinski definition) is 2. The van der Waals surface area contributed by atoms with Gasteiger partial charge in [0.25, 0.3) is 0 Å². The Morgan fingerprint density at radius 3 is 2.67 bits per heavy atom. The lowest BCUT2D eigenvalue weighted by Crippen LogP contribution is -2.25. The molecule has 0 spiro atoms. The second kappa shape index (κ2) is 4.29. The number of allylic oxidation sites excluding steroid dienone is 4. The first kappa shape index (κ1) is 11.5. The molecule has 1 saturated carbocycles. The third kappa shape index (κ3) is 1.52. The third-order valence-electron chi connectivity index (χ3n) is 4.98. The minimum atomic E-state index is -0.870. The van der Waals surface area contributed by atoms with E-state index in [1.54, 1.807) is 0 Å². The van der Waals surface area contributed by atoms with Gasteiger partial charge in [-0.25, -0.2) is 0 Å². The fraction of sp³-hybridized carbons (Fsp3) is 0.625. The minimum absolute atomic E-state index is 0.471. The molecule has 3 aliphatic carbocycles. The predicted octanol–water partition coefficient (Wildman–Crippen LogP) is 3.88. The molecule has 0 heterocycles. The Morgan fingerprint density at radius 1 is 1.06 bits per heavy atom. The second-order valence-electron chi connectivity index (χ2n) is 5.81. The largest absolute Gasteiger partial charge is 0.196 e. The summed E-state index contributed by atoms with van der Waals surface area (Å²) in [7, 11) is 0. The van der Waals surface area contributed by atoms with Gasteiger partial charge in [-0.3, -0.25) is 0 Å². The Kier molecular flexibility index (Phi) is 2.75. The summed E-state index contributed by atoms with van der Waals surface area (Å²) in [5.74, 6) is 1.09. The molecule has 0 bridgehead atoms. The van der Waals surface area contributed by atoms with Gasteiger partial charge in [0, 0.05) is 6.42 Å². The summed E-state index contributed by atoms with van der Waals surface area (Å²) in [6.45, 7) is 0. The first-order valence-corrected chi connectivity index (χ1v) is 7.03. The van der Waals surface area contributed by atoms with E-state index in [1.165, 1.54) is 31.3 Å². The summed E-state index contributed by atoms with van der Waals surface area (Å²) in [5, 5.41) is 19.0. The smallest absolute Gasteiger partial charge is 0.168 e. The molecular formula is C16H18N2. The van der Waals surface area contributed by atoms with Gasteiger partial charge in [0.2, 0.25) is 0 Å². The molecule has 1 fully saturated rings. The maximum absolute atomic E-state index is 9.50. The van der Waals surface area contributed by atoms with Crippen molar-refractivity contribution in [3.8, 4) is 12.1 Å². The van der Waals surface area contributed by atoms with Crippen LogP contribution in [0.5, 0.6) is 0 Å². The Labute approximate surface area is 109 Å². The summed E-state index contributed by atoms with van der Waals surface area (Å²) >= 11 is 0. The molecule has 2 heteroatoms. The first-order valence-electron chi connectivity index (χ1n) is 7.03. The minimum Gasteiger partial charge on any atom is -0.196 e. The van der Waals surface area contributed by atoms with Crippen molar-refractivity contribution in [3.05, 3.63) is 23.3 Å². The fourth-order valence-corrected chi connectivity index (χ4v) is 4.06. The van der Waals surface area contributed by atoms with Gasteiger partial charge in [-0.05, 0) is 49.5 Å². The van der Waals surface area contributed by atoms with Crippen LogP contribution in [0, 0.1) is 39.9 Å². The van der Waals surface area contributed by atoms with Crippen molar-refractivity contribution in [2.45, 2.75) is 44.9 Å². The first-order chi connectivity index (χ1) is 8.80. The molecule has 0 aromatic carbocycles. The Bertz CT molecular complexity index is 484.